The minimum absolute atomic E-state index is 0.0420. The Hall–Kier alpha value is -2.51. The summed E-state index contributed by atoms with van der Waals surface area (Å²) in [4.78, 5) is 37.1. The van der Waals surface area contributed by atoms with Crippen LogP contribution in [0, 0.1) is 0 Å². The Morgan fingerprint density at radius 2 is 2.05 bits per heavy atom. The summed E-state index contributed by atoms with van der Waals surface area (Å²) in [5.74, 6) is -1.41. The van der Waals surface area contributed by atoms with E-state index in [-0.39, 0.29) is 10.9 Å². The van der Waals surface area contributed by atoms with E-state index >= 15 is 0 Å². The smallest absolute Gasteiger partial charge is 0.306 e. The number of hydrogen-bond donors (Lipinski definition) is 1. The molecule has 102 valence electrons. The van der Waals surface area contributed by atoms with Crippen molar-refractivity contribution in [3.8, 4) is 0 Å². The van der Waals surface area contributed by atoms with Crippen molar-refractivity contribution < 1.29 is 14.3 Å². The number of halogens is 1. The fraction of sp³-hybridized carbons (Fsp3) is 0.273. The molecule has 0 radical (unpaired) electrons. The monoisotopic (exact) mass is 269 g/mol. The SMILES string of the molecule is CC.Cn1c(=O)c(C(=O)OF)cc2cn[nH]c(=O)c21. The number of carbonyl (C=O) groups excluding carboxylic acids is 1. The van der Waals surface area contributed by atoms with Crippen LogP contribution in [-0.2, 0) is 12.0 Å². The molecule has 0 amide bonds. The van der Waals surface area contributed by atoms with Crippen LogP contribution < -0.4 is 11.1 Å². The average Bonchev–Trinajstić information content (AvgIpc) is 2.44. The third kappa shape index (κ3) is 2.51. The third-order valence-electron chi connectivity index (χ3n) is 2.32. The second kappa shape index (κ2) is 5.89. The van der Waals surface area contributed by atoms with Crippen LogP contribution in [0.5, 0.6) is 0 Å². The zero-order valence-electron chi connectivity index (χ0n) is 10.6. The van der Waals surface area contributed by atoms with Crippen molar-refractivity contribution in [1.29, 1.82) is 0 Å². The molecule has 0 aliphatic heterocycles. The normalized spacial score (nSPS) is 9.68. The molecule has 2 aromatic rings. The highest BCUT2D eigenvalue weighted by atomic mass is 19.3. The molecule has 0 saturated carbocycles. The molecule has 0 aliphatic carbocycles. The van der Waals surface area contributed by atoms with Gasteiger partial charge in [-0.25, -0.2) is 14.8 Å². The van der Waals surface area contributed by atoms with E-state index in [9.17, 15) is 18.9 Å². The minimum Gasteiger partial charge on any atom is -0.306 e. The lowest BCUT2D eigenvalue weighted by atomic mass is 10.2. The maximum absolute atomic E-state index is 11.8. The van der Waals surface area contributed by atoms with Gasteiger partial charge < -0.3 is 4.57 Å². The standard InChI is InChI=1S/C9H6FN3O4.C2H6/c1-13-6-4(3-11-12-7(6)14)2-5(8(13)15)9(16)17-10;1-2/h2-3H,1H3,(H,12,14);1-2H3. The van der Waals surface area contributed by atoms with Crippen LogP contribution in [0.2, 0.25) is 0 Å². The molecule has 0 bridgehead atoms. The number of nitrogens with zero attached hydrogens (tertiary/aromatic N) is 2. The second-order valence-corrected chi connectivity index (χ2v) is 3.29. The van der Waals surface area contributed by atoms with Gasteiger partial charge in [-0.15, -0.1) is 0 Å². The molecule has 2 heterocycles. The van der Waals surface area contributed by atoms with Crippen LogP contribution in [-0.4, -0.2) is 20.7 Å². The van der Waals surface area contributed by atoms with Gasteiger partial charge in [-0.05, 0) is 6.07 Å². The van der Waals surface area contributed by atoms with Gasteiger partial charge in [0.15, 0.2) is 0 Å². The number of nitrogens with one attached hydrogen (secondary N) is 1. The summed E-state index contributed by atoms with van der Waals surface area (Å²) in [5.41, 5.74) is -1.87. The molecule has 7 nitrogen and oxygen atoms in total. The Kier molecular flexibility index (Phi) is 4.51. The van der Waals surface area contributed by atoms with Crippen LogP contribution in [0.25, 0.3) is 10.9 Å². The predicted octanol–water partition coefficient (Wildman–Crippen LogP) is 0.689. The molecule has 19 heavy (non-hydrogen) atoms. The van der Waals surface area contributed by atoms with E-state index in [0.717, 1.165) is 10.6 Å². The first-order valence-electron chi connectivity index (χ1n) is 5.46. The maximum Gasteiger partial charge on any atom is 0.385 e. The average molecular weight is 269 g/mol. The fourth-order valence-electron chi connectivity index (χ4n) is 1.54. The first kappa shape index (κ1) is 14.6. The van der Waals surface area contributed by atoms with E-state index in [0.29, 0.717) is 0 Å². The Labute approximate surface area is 106 Å². The topological polar surface area (TPSA) is 94.0 Å². The molecule has 8 heteroatoms. The second-order valence-electron chi connectivity index (χ2n) is 3.29. The summed E-state index contributed by atoms with van der Waals surface area (Å²) >= 11 is 0. The van der Waals surface area contributed by atoms with Crippen molar-refractivity contribution in [2.45, 2.75) is 13.8 Å². The highest BCUT2D eigenvalue weighted by Crippen LogP contribution is 2.07. The summed E-state index contributed by atoms with van der Waals surface area (Å²) in [7, 11) is 1.29. The number of fused-ring (bicyclic) bond motifs is 1. The van der Waals surface area contributed by atoms with Gasteiger partial charge in [0, 0.05) is 17.0 Å². The molecule has 0 fully saturated rings. The van der Waals surface area contributed by atoms with E-state index in [1.54, 1.807) is 0 Å². The summed E-state index contributed by atoms with van der Waals surface area (Å²) in [5, 5.41) is 5.89. The maximum atomic E-state index is 11.8. The molecule has 0 unspecified atom stereocenters. The van der Waals surface area contributed by atoms with Crippen LogP contribution in [0.3, 0.4) is 0 Å². The zero-order valence-corrected chi connectivity index (χ0v) is 10.6. The summed E-state index contributed by atoms with van der Waals surface area (Å²) in [6, 6.07) is 1.06. The number of hydrogen-bond acceptors (Lipinski definition) is 5. The van der Waals surface area contributed by atoms with Crippen molar-refractivity contribution >= 4 is 16.9 Å². The molecular formula is C11H12FN3O4. The van der Waals surface area contributed by atoms with Crippen LogP contribution >= 0.6 is 0 Å². The van der Waals surface area contributed by atoms with Gasteiger partial charge >= 0.3 is 5.97 Å². The van der Waals surface area contributed by atoms with Gasteiger partial charge in [0.05, 0.1) is 6.20 Å². The number of aromatic nitrogens is 3. The largest absolute Gasteiger partial charge is 0.385 e. The molecule has 0 spiro atoms. The van der Waals surface area contributed by atoms with Gasteiger partial charge in [-0.1, -0.05) is 13.8 Å². The molecule has 2 aromatic heterocycles. The van der Waals surface area contributed by atoms with Crippen LogP contribution in [0.4, 0.5) is 4.53 Å². The zero-order chi connectivity index (χ0) is 14.6. The number of H-pyrrole nitrogens is 1. The number of carbonyl (C=O) groups is 1. The molecule has 0 aromatic carbocycles. The van der Waals surface area contributed by atoms with Crippen molar-refractivity contribution in [3.05, 3.63) is 38.5 Å². The number of rotatable bonds is 1. The molecule has 0 saturated heterocycles. The van der Waals surface area contributed by atoms with Crippen molar-refractivity contribution in [2.75, 3.05) is 0 Å². The minimum atomic E-state index is -1.41. The fourth-order valence-corrected chi connectivity index (χ4v) is 1.54. The summed E-state index contributed by atoms with van der Waals surface area (Å²) in [6.07, 6.45) is 1.24. The Balaban J connectivity index is 0.000000861. The van der Waals surface area contributed by atoms with E-state index in [2.05, 4.69) is 15.1 Å². The lowest BCUT2D eigenvalue weighted by Crippen LogP contribution is -2.28. The Morgan fingerprint density at radius 3 is 2.63 bits per heavy atom. The molecule has 2 rings (SSSR count). The lowest BCUT2D eigenvalue weighted by Gasteiger charge is -2.04. The van der Waals surface area contributed by atoms with Gasteiger partial charge in [-0.3, -0.25) is 9.59 Å². The number of aryl methyl sites for hydroxylation is 1. The van der Waals surface area contributed by atoms with Crippen molar-refractivity contribution in [2.24, 2.45) is 7.05 Å². The highest BCUT2D eigenvalue weighted by molar-refractivity contribution is 5.93. The van der Waals surface area contributed by atoms with Crippen molar-refractivity contribution in [1.82, 2.24) is 14.8 Å². The quantitative estimate of drug-likeness (QED) is 0.821. The van der Waals surface area contributed by atoms with Crippen LogP contribution in [0.15, 0.2) is 21.9 Å². The predicted molar refractivity (Wildman–Crippen MR) is 65.5 cm³/mol. The van der Waals surface area contributed by atoms with E-state index in [4.69, 9.17) is 0 Å². The van der Waals surface area contributed by atoms with Crippen molar-refractivity contribution in [3.63, 3.8) is 0 Å². The number of aromatic amines is 1. The Bertz CT molecular complexity index is 720. The molecule has 0 aliphatic rings. The van der Waals surface area contributed by atoms with Gasteiger partial charge in [0.25, 0.3) is 11.1 Å². The van der Waals surface area contributed by atoms with E-state index < -0.39 is 22.7 Å². The van der Waals surface area contributed by atoms with E-state index in [1.165, 1.54) is 13.2 Å². The first-order chi connectivity index (χ1) is 9.06. The third-order valence-corrected chi connectivity index (χ3v) is 2.32. The van der Waals surface area contributed by atoms with E-state index in [1.807, 2.05) is 13.8 Å². The first-order valence-corrected chi connectivity index (χ1v) is 5.46. The van der Waals surface area contributed by atoms with Gasteiger partial charge in [0.1, 0.15) is 11.1 Å². The summed E-state index contributed by atoms with van der Waals surface area (Å²) in [6.45, 7) is 4.00. The van der Waals surface area contributed by atoms with Gasteiger partial charge in [-0.2, -0.15) is 5.10 Å². The highest BCUT2D eigenvalue weighted by Gasteiger charge is 2.17. The Morgan fingerprint density at radius 1 is 1.42 bits per heavy atom. The number of pyridine rings is 1. The summed E-state index contributed by atoms with van der Waals surface area (Å²) < 4.78 is 12.7. The molecule has 0 atom stereocenters. The lowest BCUT2D eigenvalue weighted by molar-refractivity contribution is -0.0789. The van der Waals surface area contributed by atoms with Gasteiger partial charge in [0.2, 0.25) is 0 Å². The van der Waals surface area contributed by atoms with Crippen LogP contribution in [0.1, 0.15) is 24.2 Å². The molecule has 1 N–H and O–H groups in total. The molecular weight excluding hydrogens is 257 g/mol.